The minimum absolute atomic E-state index is 0.0766. The molecule has 3 N–H and O–H groups in total. The van der Waals surface area contributed by atoms with E-state index in [-0.39, 0.29) is 18.0 Å². The number of hydrogen-bond acceptors (Lipinski definition) is 3. The molecule has 0 spiro atoms. The Morgan fingerprint density at radius 3 is 2.55 bits per heavy atom. The van der Waals surface area contributed by atoms with Gasteiger partial charge in [-0.3, -0.25) is 4.79 Å². The van der Waals surface area contributed by atoms with Gasteiger partial charge >= 0.3 is 6.18 Å². The summed E-state index contributed by atoms with van der Waals surface area (Å²) >= 11 is 0. The van der Waals surface area contributed by atoms with Crippen LogP contribution < -0.4 is 10.6 Å². The third-order valence-corrected chi connectivity index (χ3v) is 3.85. The summed E-state index contributed by atoms with van der Waals surface area (Å²) < 4.78 is 39.4. The second-order valence-corrected chi connectivity index (χ2v) is 5.50. The van der Waals surface area contributed by atoms with Crippen molar-refractivity contribution in [3.8, 4) is 0 Å². The molecule has 122 valence electrons. The third-order valence-electron chi connectivity index (χ3n) is 3.85. The molecule has 1 amide bonds. The number of amides is 1. The molecule has 1 fully saturated rings. The van der Waals surface area contributed by atoms with Crippen molar-refractivity contribution in [2.45, 2.75) is 24.6 Å². The highest BCUT2D eigenvalue weighted by atomic mass is 19.4. The number of nitrogens with one attached hydrogen (secondary N) is 2. The van der Waals surface area contributed by atoms with Crippen molar-refractivity contribution in [2.75, 3.05) is 19.6 Å². The van der Waals surface area contributed by atoms with E-state index in [0.29, 0.717) is 13.1 Å². The highest BCUT2D eigenvalue weighted by molar-refractivity contribution is 5.77. The Morgan fingerprint density at radius 1 is 1.32 bits per heavy atom. The van der Waals surface area contributed by atoms with E-state index in [2.05, 4.69) is 10.6 Å². The quantitative estimate of drug-likeness (QED) is 0.770. The first-order valence-electron chi connectivity index (χ1n) is 7.15. The lowest BCUT2D eigenvalue weighted by atomic mass is 9.94. The Bertz CT molecular complexity index is 493. The lowest BCUT2D eigenvalue weighted by molar-refractivity contribution is -0.157. The zero-order valence-electron chi connectivity index (χ0n) is 11.9. The number of aliphatic hydroxyl groups is 1. The van der Waals surface area contributed by atoms with Crippen LogP contribution in [0.15, 0.2) is 30.3 Å². The molecule has 3 unspecified atom stereocenters. The molecule has 7 heteroatoms. The Labute approximate surface area is 126 Å². The maximum atomic E-state index is 13.1. The standard InChI is InChI=1S/C15H19F3N2O2/c16-15(17,18)12(10-4-2-1-3-5-10)6-14(22)20-8-11-7-19-9-13(11)21/h1-5,11-13,19,21H,6-9H2,(H,20,22). The number of β-amino-alcohol motifs (C(OH)–C–C–N with tert-alkyl or cyclic N) is 1. The topological polar surface area (TPSA) is 61.4 Å². The highest BCUT2D eigenvalue weighted by Gasteiger charge is 2.41. The molecule has 4 nitrogen and oxygen atoms in total. The molecule has 0 aromatic heterocycles. The SMILES string of the molecule is O=C(CC(c1ccccc1)C(F)(F)F)NCC1CNCC1O. The lowest BCUT2D eigenvalue weighted by Crippen LogP contribution is -2.36. The van der Waals surface area contributed by atoms with E-state index in [4.69, 9.17) is 0 Å². The molecule has 0 radical (unpaired) electrons. The molecular formula is C15H19F3N2O2. The van der Waals surface area contributed by atoms with E-state index >= 15 is 0 Å². The van der Waals surface area contributed by atoms with Crippen molar-refractivity contribution < 1.29 is 23.1 Å². The molecule has 1 aliphatic rings. The molecule has 0 saturated carbocycles. The van der Waals surface area contributed by atoms with Crippen LogP contribution in [0.2, 0.25) is 0 Å². The van der Waals surface area contributed by atoms with Gasteiger partial charge in [0, 0.05) is 32.0 Å². The lowest BCUT2D eigenvalue weighted by Gasteiger charge is -2.21. The summed E-state index contributed by atoms with van der Waals surface area (Å²) in [6.45, 7) is 1.16. The number of hydrogen-bond donors (Lipinski definition) is 3. The van der Waals surface area contributed by atoms with Crippen LogP contribution in [0.5, 0.6) is 0 Å². The molecular weight excluding hydrogens is 297 g/mol. The molecule has 0 aliphatic carbocycles. The van der Waals surface area contributed by atoms with Crippen molar-refractivity contribution in [2.24, 2.45) is 5.92 Å². The summed E-state index contributed by atoms with van der Waals surface area (Å²) in [7, 11) is 0. The fraction of sp³-hybridized carbons (Fsp3) is 0.533. The first-order chi connectivity index (χ1) is 10.4. The summed E-state index contributed by atoms with van der Waals surface area (Å²) in [5, 5.41) is 15.0. The molecule has 22 heavy (non-hydrogen) atoms. The van der Waals surface area contributed by atoms with Gasteiger partial charge in [-0.05, 0) is 5.56 Å². The fourth-order valence-corrected chi connectivity index (χ4v) is 2.54. The Balaban J connectivity index is 1.94. The molecule has 1 aliphatic heterocycles. The summed E-state index contributed by atoms with van der Waals surface area (Å²) in [4.78, 5) is 11.8. The van der Waals surface area contributed by atoms with Crippen molar-refractivity contribution in [1.82, 2.24) is 10.6 Å². The van der Waals surface area contributed by atoms with Crippen LogP contribution in [-0.4, -0.2) is 42.9 Å². The number of halogens is 3. The number of alkyl halides is 3. The molecule has 1 aromatic rings. The Kier molecular flexibility index (Phi) is 5.42. The van der Waals surface area contributed by atoms with Crippen molar-refractivity contribution in [1.29, 1.82) is 0 Å². The Morgan fingerprint density at radius 2 is 2.00 bits per heavy atom. The molecule has 3 atom stereocenters. The van der Waals surface area contributed by atoms with E-state index < -0.39 is 30.5 Å². The van der Waals surface area contributed by atoms with E-state index in [1.54, 1.807) is 6.07 Å². The summed E-state index contributed by atoms with van der Waals surface area (Å²) in [6, 6.07) is 7.41. The normalized spacial score (nSPS) is 23.3. The second kappa shape index (κ2) is 7.11. The largest absolute Gasteiger partial charge is 0.396 e. The van der Waals surface area contributed by atoms with Crippen LogP contribution in [0, 0.1) is 5.92 Å². The number of aliphatic hydroxyl groups excluding tert-OH is 1. The van der Waals surface area contributed by atoms with Gasteiger partial charge in [0.15, 0.2) is 0 Å². The molecule has 1 heterocycles. The van der Waals surface area contributed by atoms with E-state index in [0.717, 1.165) is 0 Å². The number of carbonyl (C=O) groups is 1. The van der Waals surface area contributed by atoms with Gasteiger partial charge in [-0.1, -0.05) is 30.3 Å². The van der Waals surface area contributed by atoms with Gasteiger partial charge < -0.3 is 15.7 Å². The van der Waals surface area contributed by atoms with Crippen molar-refractivity contribution >= 4 is 5.91 Å². The first kappa shape index (κ1) is 16.8. The summed E-state index contributed by atoms with van der Waals surface area (Å²) in [6.07, 6.45) is -5.70. The zero-order chi connectivity index (χ0) is 16.2. The summed E-state index contributed by atoms with van der Waals surface area (Å²) in [5.41, 5.74) is 0.0766. The van der Waals surface area contributed by atoms with Crippen LogP contribution in [0.25, 0.3) is 0 Å². The highest BCUT2D eigenvalue weighted by Crippen LogP contribution is 2.37. The average Bonchev–Trinajstić information content (AvgIpc) is 2.87. The molecule has 0 bridgehead atoms. The van der Waals surface area contributed by atoms with Gasteiger partial charge in [0.2, 0.25) is 5.91 Å². The van der Waals surface area contributed by atoms with E-state index in [9.17, 15) is 23.1 Å². The van der Waals surface area contributed by atoms with Crippen LogP contribution in [-0.2, 0) is 4.79 Å². The monoisotopic (exact) mass is 316 g/mol. The van der Waals surface area contributed by atoms with Crippen LogP contribution in [0.3, 0.4) is 0 Å². The zero-order valence-corrected chi connectivity index (χ0v) is 11.9. The number of carbonyl (C=O) groups excluding carboxylic acids is 1. The van der Waals surface area contributed by atoms with Gasteiger partial charge in [0.1, 0.15) is 0 Å². The smallest absolute Gasteiger partial charge is 0.391 e. The Hall–Kier alpha value is -1.60. The third kappa shape index (κ3) is 4.45. The average molecular weight is 316 g/mol. The summed E-state index contributed by atoms with van der Waals surface area (Å²) in [5.74, 6) is -2.64. The van der Waals surface area contributed by atoms with Crippen molar-refractivity contribution in [3.05, 3.63) is 35.9 Å². The van der Waals surface area contributed by atoms with Gasteiger partial charge in [-0.15, -0.1) is 0 Å². The number of rotatable bonds is 5. The van der Waals surface area contributed by atoms with Gasteiger partial charge in [0.25, 0.3) is 0 Å². The fourth-order valence-electron chi connectivity index (χ4n) is 2.54. The molecule has 1 aromatic carbocycles. The van der Waals surface area contributed by atoms with Crippen LogP contribution in [0.4, 0.5) is 13.2 Å². The van der Waals surface area contributed by atoms with E-state index in [1.165, 1.54) is 24.3 Å². The van der Waals surface area contributed by atoms with Crippen molar-refractivity contribution in [3.63, 3.8) is 0 Å². The van der Waals surface area contributed by atoms with Gasteiger partial charge in [0.05, 0.1) is 12.0 Å². The molecule has 1 saturated heterocycles. The maximum Gasteiger partial charge on any atom is 0.396 e. The van der Waals surface area contributed by atoms with E-state index in [1.807, 2.05) is 0 Å². The minimum atomic E-state index is -4.48. The second-order valence-electron chi connectivity index (χ2n) is 5.50. The first-order valence-corrected chi connectivity index (χ1v) is 7.15. The number of benzene rings is 1. The van der Waals surface area contributed by atoms with Gasteiger partial charge in [-0.25, -0.2) is 0 Å². The predicted molar refractivity (Wildman–Crippen MR) is 75.2 cm³/mol. The van der Waals surface area contributed by atoms with Crippen LogP contribution >= 0.6 is 0 Å². The maximum absolute atomic E-state index is 13.1. The van der Waals surface area contributed by atoms with Gasteiger partial charge in [-0.2, -0.15) is 13.2 Å². The predicted octanol–water partition coefficient (Wildman–Crippen LogP) is 1.42. The minimum Gasteiger partial charge on any atom is -0.391 e. The van der Waals surface area contributed by atoms with Crippen LogP contribution in [0.1, 0.15) is 17.9 Å². The molecule has 2 rings (SSSR count).